The van der Waals surface area contributed by atoms with Crippen LogP contribution in [0.2, 0.25) is 0 Å². The Morgan fingerprint density at radius 2 is 1.71 bits per heavy atom. The van der Waals surface area contributed by atoms with E-state index < -0.39 is 23.8 Å². The SMILES string of the molecule is CN(C)CCOc1ccc(CN2C[C@H](Oc3cc(F)cc(F)c3)[C@@H](O)C2)cc1. The van der Waals surface area contributed by atoms with Gasteiger partial charge in [-0.1, -0.05) is 12.1 Å². The number of β-amino-alcohol motifs (C(OH)–C–C–N with tert-alkyl or cyclic N) is 1. The van der Waals surface area contributed by atoms with Crippen LogP contribution in [0.1, 0.15) is 5.56 Å². The monoisotopic (exact) mass is 392 g/mol. The molecule has 5 nitrogen and oxygen atoms in total. The smallest absolute Gasteiger partial charge is 0.138 e. The Kier molecular flexibility index (Phi) is 6.83. The summed E-state index contributed by atoms with van der Waals surface area (Å²) in [4.78, 5) is 4.11. The molecule has 1 aliphatic rings. The average Bonchev–Trinajstić information content (AvgIpc) is 2.94. The molecule has 0 aliphatic carbocycles. The molecule has 2 atom stereocenters. The molecule has 152 valence electrons. The van der Waals surface area contributed by atoms with Crippen molar-refractivity contribution in [2.75, 3.05) is 40.3 Å². The lowest BCUT2D eigenvalue weighted by Crippen LogP contribution is -2.30. The van der Waals surface area contributed by atoms with Crippen LogP contribution in [-0.2, 0) is 6.54 Å². The topological polar surface area (TPSA) is 45.2 Å². The Labute approximate surface area is 164 Å². The highest BCUT2D eigenvalue weighted by atomic mass is 19.1. The minimum absolute atomic E-state index is 0.0858. The first kappa shape index (κ1) is 20.5. The number of ether oxygens (including phenoxy) is 2. The summed E-state index contributed by atoms with van der Waals surface area (Å²) < 4.78 is 37.9. The molecule has 0 radical (unpaired) electrons. The summed E-state index contributed by atoms with van der Waals surface area (Å²) >= 11 is 0. The molecule has 0 bridgehead atoms. The largest absolute Gasteiger partial charge is 0.492 e. The third-order valence-electron chi connectivity index (χ3n) is 4.57. The third-order valence-corrected chi connectivity index (χ3v) is 4.57. The zero-order valence-corrected chi connectivity index (χ0v) is 16.1. The normalized spacial score (nSPS) is 19.9. The highest BCUT2D eigenvalue weighted by Gasteiger charge is 2.33. The zero-order chi connectivity index (χ0) is 20.1. The van der Waals surface area contributed by atoms with Crippen LogP contribution in [0.4, 0.5) is 8.78 Å². The molecule has 0 spiro atoms. The first-order chi connectivity index (χ1) is 13.4. The van der Waals surface area contributed by atoms with Gasteiger partial charge in [0.1, 0.15) is 41.9 Å². The van der Waals surface area contributed by atoms with Crippen molar-refractivity contribution < 1.29 is 23.4 Å². The van der Waals surface area contributed by atoms with Gasteiger partial charge in [-0.05, 0) is 31.8 Å². The number of hydrogen-bond acceptors (Lipinski definition) is 5. The first-order valence-corrected chi connectivity index (χ1v) is 9.28. The van der Waals surface area contributed by atoms with Crippen molar-refractivity contribution in [2.45, 2.75) is 18.8 Å². The molecular weight excluding hydrogens is 366 g/mol. The Bertz CT molecular complexity index is 750. The van der Waals surface area contributed by atoms with Crippen LogP contribution in [-0.4, -0.2) is 67.5 Å². The molecular formula is C21H26F2N2O3. The van der Waals surface area contributed by atoms with Gasteiger partial charge < -0.3 is 19.5 Å². The van der Waals surface area contributed by atoms with Crippen LogP contribution in [0.15, 0.2) is 42.5 Å². The van der Waals surface area contributed by atoms with Gasteiger partial charge in [0.25, 0.3) is 0 Å². The second-order valence-electron chi connectivity index (χ2n) is 7.32. The lowest BCUT2D eigenvalue weighted by molar-refractivity contribution is 0.0732. The maximum Gasteiger partial charge on any atom is 0.138 e. The number of nitrogens with zero attached hydrogens (tertiary/aromatic N) is 2. The van der Waals surface area contributed by atoms with Gasteiger partial charge in [0, 0.05) is 44.4 Å². The Balaban J connectivity index is 1.51. The molecule has 7 heteroatoms. The summed E-state index contributed by atoms with van der Waals surface area (Å²) in [7, 11) is 4.00. The van der Waals surface area contributed by atoms with Crippen molar-refractivity contribution in [1.29, 1.82) is 0 Å². The summed E-state index contributed by atoms with van der Waals surface area (Å²) in [5.74, 6) is -0.497. The zero-order valence-electron chi connectivity index (χ0n) is 16.1. The van der Waals surface area contributed by atoms with Crippen molar-refractivity contribution in [2.24, 2.45) is 0 Å². The molecule has 3 rings (SSSR count). The Morgan fingerprint density at radius 1 is 1.04 bits per heavy atom. The van der Waals surface area contributed by atoms with Gasteiger partial charge in [0.05, 0.1) is 0 Å². The maximum absolute atomic E-state index is 13.3. The molecule has 0 unspecified atom stereocenters. The van der Waals surface area contributed by atoms with Gasteiger partial charge in [0.15, 0.2) is 0 Å². The highest BCUT2D eigenvalue weighted by molar-refractivity contribution is 5.27. The number of rotatable bonds is 8. The second kappa shape index (κ2) is 9.32. The highest BCUT2D eigenvalue weighted by Crippen LogP contribution is 2.23. The minimum atomic E-state index is -0.722. The summed E-state index contributed by atoms with van der Waals surface area (Å²) in [6, 6.07) is 10.9. The van der Waals surface area contributed by atoms with Gasteiger partial charge >= 0.3 is 0 Å². The fraction of sp³-hybridized carbons (Fsp3) is 0.429. The van der Waals surface area contributed by atoms with Gasteiger partial charge in [-0.3, -0.25) is 4.90 Å². The van der Waals surface area contributed by atoms with Gasteiger partial charge in [-0.15, -0.1) is 0 Å². The van der Waals surface area contributed by atoms with Crippen LogP contribution in [0.25, 0.3) is 0 Å². The fourth-order valence-corrected chi connectivity index (χ4v) is 3.14. The lowest BCUT2D eigenvalue weighted by atomic mass is 10.2. The molecule has 1 fully saturated rings. The van der Waals surface area contributed by atoms with Crippen molar-refractivity contribution in [3.63, 3.8) is 0 Å². The van der Waals surface area contributed by atoms with Crippen LogP contribution in [0.5, 0.6) is 11.5 Å². The van der Waals surface area contributed by atoms with Gasteiger partial charge in [-0.25, -0.2) is 8.78 Å². The minimum Gasteiger partial charge on any atom is -0.492 e. The van der Waals surface area contributed by atoms with Crippen molar-refractivity contribution in [3.8, 4) is 11.5 Å². The fourth-order valence-electron chi connectivity index (χ4n) is 3.14. The van der Waals surface area contributed by atoms with Crippen LogP contribution >= 0.6 is 0 Å². The lowest BCUT2D eigenvalue weighted by Gasteiger charge is -2.17. The second-order valence-corrected chi connectivity index (χ2v) is 7.32. The Hall–Kier alpha value is -2.22. The van der Waals surface area contributed by atoms with Crippen LogP contribution < -0.4 is 9.47 Å². The Morgan fingerprint density at radius 3 is 2.36 bits per heavy atom. The maximum atomic E-state index is 13.3. The molecule has 0 amide bonds. The third kappa shape index (κ3) is 5.89. The van der Waals surface area contributed by atoms with E-state index in [9.17, 15) is 13.9 Å². The van der Waals surface area contributed by atoms with E-state index in [0.29, 0.717) is 26.2 Å². The molecule has 1 aliphatic heterocycles. The summed E-state index contributed by atoms with van der Waals surface area (Å²) in [6.07, 6.45) is -1.25. The standard InChI is InChI=1S/C21H26F2N2O3/c1-24(2)7-8-27-18-5-3-15(4-6-18)12-25-13-20(26)21(14-25)28-19-10-16(22)9-17(23)11-19/h3-6,9-11,20-21,26H,7-8,12-14H2,1-2H3/t20-,21-/m0/s1. The number of likely N-dealkylation sites (tertiary alicyclic amines) is 1. The van der Waals surface area contributed by atoms with E-state index in [2.05, 4.69) is 4.90 Å². The number of aliphatic hydroxyl groups is 1. The average molecular weight is 392 g/mol. The van der Waals surface area contributed by atoms with Crippen LogP contribution in [0.3, 0.4) is 0 Å². The number of hydrogen-bond donors (Lipinski definition) is 1. The number of halogens is 2. The summed E-state index contributed by atoms with van der Waals surface area (Å²) in [5, 5.41) is 10.2. The molecule has 1 saturated heterocycles. The van der Waals surface area contributed by atoms with E-state index in [0.717, 1.165) is 36.1 Å². The van der Waals surface area contributed by atoms with E-state index in [-0.39, 0.29) is 5.75 Å². The van der Waals surface area contributed by atoms with Crippen molar-refractivity contribution >= 4 is 0 Å². The molecule has 28 heavy (non-hydrogen) atoms. The number of benzene rings is 2. The molecule has 0 aromatic heterocycles. The van der Waals surface area contributed by atoms with Crippen LogP contribution in [0, 0.1) is 11.6 Å². The van der Waals surface area contributed by atoms with E-state index in [1.807, 2.05) is 43.3 Å². The quantitative estimate of drug-likeness (QED) is 0.748. The predicted molar refractivity (Wildman–Crippen MR) is 103 cm³/mol. The van der Waals surface area contributed by atoms with E-state index in [4.69, 9.17) is 9.47 Å². The van der Waals surface area contributed by atoms with Crippen molar-refractivity contribution in [3.05, 3.63) is 59.7 Å². The molecule has 1 heterocycles. The van der Waals surface area contributed by atoms with E-state index in [1.165, 1.54) is 0 Å². The molecule has 1 N–H and O–H groups in total. The summed E-state index contributed by atoms with van der Waals surface area (Å²) in [5.41, 5.74) is 1.09. The molecule has 2 aromatic rings. The summed E-state index contributed by atoms with van der Waals surface area (Å²) in [6.45, 7) is 3.03. The van der Waals surface area contributed by atoms with Gasteiger partial charge in [-0.2, -0.15) is 0 Å². The van der Waals surface area contributed by atoms with Gasteiger partial charge in [0.2, 0.25) is 0 Å². The van der Waals surface area contributed by atoms with E-state index >= 15 is 0 Å². The van der Waals surface area contributed by atoms with E-state index in [1.54, 1.807) is 0 Å². The number of aliphatic hydroxyl groups excluding tert-OH is 1. The number of likely N-dealkylation sites (N-methyl/N-ethyl adjacent to an activating group) is 1. The first-order valence-electron chi connectivity index (χ1n) is 9.28. The molecule has 2 aromatic carbocycles. The molecule has 0 saturated carbocycles. The predicted octanol–water partition coefficient (Wildman–Crippen LogP) is 2.53. The van der Waals surface area contributed by atoms with Crippen molar-refractivity contribution in [1.82, 2.24) is 9.80 Å².